The summed E-state index contributed by atoms with van der Waals surface area (Å²) in [4.78, 5) is 3.16. The molecular weight excluding hydrogens is 354 g/mol. The Labute approximate surface area is 151 Å². The highest BCUT2D eigenvalue weighted by atomic mass is 32.2. The van der Waals surface area contributed by atoms with E-state index in [2.05, 4.69) is 4.98 Å². The second-order valence-electron chi connectivity index (χ2n) is 5.49. The first-order valence-corrected chi connectivity index (χ1v) is 9.34. The lowest BCUT2D eigenvalue weighted by Gasteiger charge is -2.13. The van der Waals surface area contributed by atoms with Gasteiger partial charge in [0.15, 0.2) is 21.3 Å². The van der Waals surface area contributed by atoms with Gasteiger partial charge >= 0.3 is 0 Å². The molecule has 0 saturated heterocycles. The molecule has 2 aromatic carbocycles. The van der Waals surface area contributed by atoms with Gasteiger partial charge in [-0.3, -0.25) is 0 Å². The smallest absolute Gasteiger partial charge is 0.203 e. The lowest BCUT2D eigenvalue weighted by molar-refractivity contribution is 0.323. The van der Waals surface area contributed by atoms with Crippen LogP contribution in [-0.4, -0.2) is 34.7 Å². The highest BCUT2D eigenvalue weighted by Gasteiger charge is 2.19. The average molecular weight is 373 g/mol. The van der Waals surface area contributed by atoms with Crippen LogP contribution in [0.5, 0.6) is 17.2 Å². The second kappa shape index (κ2) is 7.13. The van der Waals surface area contributed by atoms with E-state index in [-0.39, 0.29) is 16.4 Å². The van der Waals surface area contributed by atoms with E-state index in [1.807, 2.05) is 30.5 Å². The predicted octanol–water partition coefficient (Wildman–Crippen LogP) is 3.64. The molecule has 0 aliphatic carbocycles. The third-order valence-corrected chi connectivity index (χ3v) is 5.41. The van der Waals surface area contributed by atoms with Crippen LogP contribution < -0.4 is 14.2 Å². The second-order valence-corrected chi connectivity index (χ2v) is 7.33. The van der Waals surface area contributed by atoms with E-state index in [1.54, 1.807) is 6.08 Å². The third-order valence-electron chi connectivity index (χ3n) is 4.02. The van der Waals surface area contributed by atoms with Gasteiger partial charge in [-0.25, -0.2) is 8.42 Å². The molecule has 26 heavy (non-hydrogen) atoms. The number of aromatic amines is 1. The van der Waals surface area contributed by atoms with Crippen molar-refractivity contribution in [3.63, 3.8) is 0 Å². The molecule has 0 aliphatic rings. The van der Waals surface area contributed by atoms with Crippen LogP contribution >= 0.6 is 0 Å². The highest BCUT2D eigenvalue weighted by molar-refractivity contribution is 7.94. The molecule has 0 aliphatic heterocycles. The minimum atomic E-state index is -3.71. The van der Waals surface area contributed by atoms with Crippen molar-refractivity contribution in [2.24, 2.45) is 0 Å². The molecule has 3 rings (SSSR count). The van der Waals surface area contributed by atoms with Gasteiger partial charge in [0, 0.05) is 34.6 Å². The van der Waals surface area contributed by atoms with Gasteiger partial charge in [0.2, 0.25) is 5.75 Å². The normalized spacial score (nSPS) is 11.8. The summed E-state index contributed by atoms with van der Waals surface area (Å²) in [6.45, 7) is 0. The molecule has 0 radical (unpaired) electrons. The maximum Gasteiger partial charge on any atom is 0.203 e. The Kier molecular flexibility index (Phi) is 4.90. The molecule has 136 valence electrons. The number of aromatic nitrogens is 1. The first kappa shape index (κ1) is 17.9. The van der Waals surface area contributed by atoms with Crippen LogP contribution in [0.15, 0.2) is 52.9 Å². The molecule has 1 N–H and O–H groups in total. The van der Waals surface area contributed by atoms with E-state index in [0.717, 1.165) is 16.5 Å². The van der Waals surface area contributed by atoms with Crippen LogP contribution in [0.3, 0.4) is 0 Å². The zero-order chi connectivity index (χ0) is 18.7. The van der Waals surface area contributed by atoms with E-state index in [1.165, 1.54) is 38.9 Å². The maximum atomic E-state index is 12.8. The summed E-state index contributed by atoms with van der Waals surface area (Å²) in [7, 11) is 0.639. The Morgan fingerprint density at radius 1 is 0.962 bits per heavy atom. The molecule has 0 atom stereocenters. The van der Waals surface area contributed by atoms with Crippen molar-refractivity contribution in [2.45, 2.75) is 4.90 Å². The van der Waals surface area contributed by atoms with Gasteiger partial charge < -0.3 is 19.2 Å². The summed E-state index contributed by atoms with van der Waals surface area (Å²) in [6, 6.07) is 10.4. The van der Waals surface area contributed by atoms with Crippen LogP contribution in [0.25, 0.3) is 17.0 Å². The molecule has 0 spiro atoms. The van der Waals surface area contributed by atoms with E-state index in [4.69, 9.17) is 14.2 Å². The first-order valence-electron chi connectivity index (χ1n) is 7.79. The average Bonchev–Trinajstić information content (AvgIpc) is 3.14. The van der Waals surface area contributed by atoms with Crippen LogP contribution in [0.2, 0.25) is 0 Å². The zero-order valence-electron chi connectivity index (χ0n) is 14.6. The zero-order valence-corrected chi connectivity index (χ0v) is 15.5. The number of nitrogens with one attached hydrogen (secondary N) is 1. The van der Waals surface area contributed by atoms with E-state index >= 15 is 0 Å². The van der Waals surface area contributed by atoms with Crippen molar-refractivity contribution in [3.8, 4) is 17.2 Å². The van der Waals surface area contributed by atoms with E-state index in [9.17, 15) is 8.42 Å². The number of benzene rings is 2. The van der Waals surface area contributed by atoms with Gasteiger partial charge in [0.25, 0.3) is 0 Å². The molecule has 0 saturated carbocycles. The van der Waals surface area contributed by atoms with Gasteiger partial charge in [0.1, 0.15) is 0 Å². The summed E-state index contributed by atoms with van der Waals surface area (Å²) in [5.74, 6) is 0.910. The first-order chi connectivity index (χ1) is 12.5. The quantitative estimate of drug-likeness (QED) is 0.714. The monoisotopic (exact) mass is 373 g/mol. The number of fused-ring (bicyclic) bond motifs is 1. The van der Waals surface area contributed by atoms with Crippen LogP contribution in [0.1, 0.15) is 5.56 Å². The molecule has 3 aromatic rings. The van der Waals surface area contributed by atoms with Gasteiger partial charge in [0.05, 0.1) is 26.2 Å². The fourth-order valence-corrected chi connectivity index (χ4v) is 3.74. The SMILES string of the molecule is COc1cc(S(=O)(=O)/C=C/c2cccc3[nH]ccc23)cc(OC)c1OC. The molecule has 0 amide bonds. The van der Waals surface area contributed by atoms with Gasteiger partial charge in [-0.05, 0) is 23.8 Å². The fourth-order valence-electron chi connectivity index (χ4n) is 2.72. The number of H-pyrrole nitrogens is 1. The van der Waals surface area contributed by atoms with Crippen LogP contribution in [0, 0.1) is 0 Å². The minimum absolute atomic E-state index is 0.0597. The standard InChI is InChI=1S/C19H19NO5S/c1-23-17-11-14(12-18(24-2)19(17)25-3)26(21,22)10-8-13-5-4-6-16-15(13)7-9-20-16/h4-12,20H,1-3H3/b10-8+. The maximum absolute atomic E-state index is 12.8. The van der Waals surface area contributed by atoms with Crippen molar-refractivity contribution in [3.05, 3.63) is 53.6 Å². The third kappa shape index (κ3) is 3.25. The molecule has 1 aromatic heterocycles. The van der Waals surface area contributed by atoms with Crippen molar-refractivity contribution >= 4 is 26.8 Å². The summed E-state index contributed by atoms with van der Waals surface area (Å²) in [5.41, 5.74) is 1.75. The summed E-state index contributed by atoms with van der Waals surface area (Å²) in [5, 5.41) is 2.12. The fraction of sp³-hybridized carbons (Fsp3) is 0.158. The van der Waals surface area contributed by atoms with Crippen molar-refractivity contribution in [1.82, 2.24) is 4.98 Å². The minimum Gasteiger partial charge on any atom is -0.493 e. The number of rotatable bonds is 6. The summed E-state index contributed by atoms with van der Waals surface area (Å²) < 4.78 is 41.2. The Hall–Kier alpha value is -2.93. The molecule has 0 unspecified atom stereocenters. The topological polar surface area (TPSA) is 77.6 Å². The van der Waals surface area contributed by atoms with Gasteiger partial charge in [-0.15, -0.1) is 0 Å². The molecule has 7 heteroatoms. The number of hydrogen-bond acceptors (Lipinski definition) is 5. The molecular formula is C19H19NO5S. The van der Waals surface area contributed by atoms with Crippen LogP contribution in [0.4, 0.5) is 0 Å². The van der Waals surface area contributed by atoms with E-state index < -0.39 is 9.84 Å². The highest BCUT2D eigenvalue weighted by Crippen LogP contribution is 2.39. The Morgan fingerprint density at radius 3 is 2.27 bits per heavy atom. The van der Waals surface area contributed by atoms with Gasteiger partial charge in [-0.1, -0.05) is 12.1 Å². The Morgan fingerprint density at radius 2 is 1.65 bits per heavy atom. The van der Waals surface area contributed by atoms with Crippen molar-refractivity contribution in [1.29, 1.82) is 0 Å². The van der Waals surface area contributed by atoms with Crippen molar-refractivity contribution in [2.75, 3.05) is 21.3 Å². The van der Waals surface area contributed by atoms with Crippen LogP contribution in [-0.2, 0) is 9.84 Å². The lowest BCUT2D eigenvalue weighted by atomic mass is 10.1. The Balaban J connectivity index is 2.04. The van der Waals surface area contributed by atoms with Crippen molar-refractivity contribution < 1.29 is 22.6 Å². The number of ether oxygens (including phenoxy) is 3. The molecule has 1 heterocycles. The molecule has 0 bridgehead atoms. The number of methoxy groups -OCH3 is 3. The largest absolute Gasteiger partial charge is 0.493 e. The Bertz CT molecular complexity index is 1040. The van der Waals surface area contributed by atoms with Gasteiger partial charge in [-0.2, -0.15) is 0 Å². The summed E-state index contributed by atoms with van der Waals surface area (Å²) in [6.07, 6.45) is 3.39. The number of sulfone groups is 1. The molecule has 0 fully saturated rings. The van der Waals surface area contributed by atoms with E-state index in [0.29, 0.717) is 5.75 Å². The molecule has 6 nitrogen and oxygen atoms in total. The lowest BCUT2D eigenvalue weighted by Crippen LogP contribution is -2.01. The predicted molar refractivity (Wildman–Crippen MR) is 101 cm³/mol. The summed E-state index contributed by atoms with van der Waals surface area (Å²) >= 11 is 0. The number of hydrogen-bond donors (Lipinski definition) is 1.